The van der Waals surface area contributed by atoms with Gasteiger partial charge in [-0.3, -0.25) is 9.69 Å². The molecular weight excluding hydrogens is 282 g/mol. The third kappa shape index (κ3) is 3.34. The van der Waals surface area contributed by atoms with Crippen molar-refractivity contribution in [2.24, 2.45) is 0 Å². The zero-order valence-corrected chi connectivity index (χ0v) is 12.6. The Morgan fingerprint density at radius 2 is 1.81 bits per heavy atom. The molecule has 2 aromatic rings. The molecule has 1 unspecified atom stereocenters. The topological polar surface area (TPSA) is 20.3 Å². The molecule has 1 fully saturated rings. The van der Waals surface area contributed by atoms with Crippen LogP contribution in [-0.4, -0.2) is 16.7 Å². The zero-order chi connectivity index (χ0) is 14.7. The number of halogens is 1. The third-order valence-corrected chi connectivity index (χ3v) is 4.33. The lowest BCUT2D eigenvalue weighted by atomic mass is 10.0. The van der Waals surface area contributed by atoms with Gasteiger partial charge in [-0.15, -0.1) is 0 Å². The number of rotatable bonds is 4. The number of hydrogen-bond donors (Lipinski definition) is 0. The van der Waals surface area contributed by atoms with Crippen molar-refractivity contribution in [1.29, 1.82) is 0 Å². The highest BCUT2D eigenvalue weighted by atomic mass is 35.5. The van der Waals surface area contributed by atoms with Crippen molar-refractivity contribution in [3.05, 3.63) is 71.3 Å². The first kappa shape index (κ1) is 14.3. The highest BCUT2D eigenvalue weighted by Crippen LogP contribution is 2.33. The van der Waals surface area contributed by atoms with E-state index in [-0.39, 0.29) is 0 Å². The Morgan fingerprint density at radius 1 is 1.10 bits per heavy atom. The monoisotopic (exact) mass is 299 g/mol. The van der Waals surface area contributed by atoms with Crippen molar-refractivity contribution in [2.45, 2.75) is 25.4 Å². The van der Waals surface area contributed by atoms with Crippen LogP contribution in [0.1, 0.15) is 40.4 Å². The number of carbonyl (C=O) groups is 1. The lowest BCUT2D eigenvalue weighted by Crippen LogP contribution is -2.22. The molecule has 2 nitrogen and oxygen atoms in total. The maximum atomic E-state index is 11.1. The van der Waals surface area contributed by atoms with E-state index < -0.39 is 5.24 Å². The Bertz CT molecular complexity index is 609. The molecule has 1 aliphatic heterocycles. The summed E-state index contributed by atoms with van der Waals surface area (Å²) in [7, 11) is 0. The summed E-state index contributed by atoms with van der Waals surface area (Å²) in [6.07, 6.45) is 2.38. The van der Waals surface area contributed by atoms with Gasteiger partial charge in [-0.1, -0.05) is 42.5 Å². The molecule has 0 amide bonds. The van der Waals surface area contributed by atoms with E-state index in [2.05, 4.69) is 29.2 Å². The molecule has 3 rings (SSSR count). The molecule has 0 radical (unpaired) electrons. The summed E-state index contributed by atoms with van der Waals surface area (Å²) in [5, 5.41) is -0.394. The maximum absolute atomic E-state index is 11.1. The summed E-state index contributed by atoms with van der Waals surface area (Å²) < 4.78 is 0. The molecule has 0 aromatic heterocycles. The number of hydrogen-bond acceptors (Lipinski definition) is 2. The van der Waals surface area contributed by atoms with Gasteiger partial charge in [-0.25, -0.2) is 0 Å². The van der Waals surface area contributed by atoms with E-state index in [0.29, 0.717) is 11.6 Å². The molecule has 1 aliphatic rings. The van der Waals surface area contributed by atoms with Crippen LogP contribution in [0.4, 0.5) is 0 Å². The first-order chi connectivity index (χ1) is 10.2. The van der Waals surface area contributed by atoms with Gasteiger partial charge >= 0.3 is 0 Å². The summed E-state index contributed by atoms with van der Waals surface area (Å²) in [6, 6.07) is 18.7. The van der Waals surface area contributed by atoms with Crippen LogP contribution in [0.25, 0.3) is 0 Å². The summed E-state index contributed by atoms with van der Waals surface area (Å²) >= 11 is 5.50. The Labute approximate surface area is 130 Å². The van der Waals surface area contributed by atoms with Gasteiger partial charge in [0.05, 0.1) is 0 Å². The Kier molecular flexibility index (Phi) is 4.37. The standard InChI is InChI=1S/C18H18ClNO/c19-18(21)16-10-8-15(9-11-16)17-7-4-12-20(17)13-14-5-2-1-3-6-14/h1-3,5-6,8-11,17H,4,7,12-13H2. The third-order valence-electron chi connectivity index (χ3n) is 4.11. The molecule has 1 saturated heterocycles. The van der Waals surface area contributed by atoms with E-state index in [1.54, 1.807) is 0 Å². The van der Waals surface area contributed by atoms with Gasteiger partial charge in [0.1, 0.15) is 0 Å². The van der Waals surface area contributed by atoms with E-state index in [1.165, 1.54) is 24.0 Å². The second-order valence-electron chi connectivity index (χ2n) is 5.51. The number of likely N-dealkylation sites (tertiary alicyclic amines) is 1. The SMILES string of the molecule is O=C(Cl)c1ccc(C2CCCN2Cc2ccccc2)cc1. The summed E-state index contributed by atoms with van der Waals surface area (Å²) in [4.78, 5) is 13.6. The van der Waals surface area contributed by atoms with Crippen LogP contribution in [0.2, 0.25) is 0 Å². The average Bonchev–Trinajstić information content (AvgIpc) is 2.96. The second kappa shape index (κ2) is 6.42. The average molecular weight is 300 g/mol. The molecule has 0 saturated carbocycles. The number of benzene rings is 2. The smallest absolute Gasteiger partial charge is 0.252 e. The normalized spacial score (nSPS) is 18.8. The Balaban J connectivity index is 1.76. The van der Waals surface area contributed by atoms with Crippen molar-refractivity contribution < 1.29 is 4.79 Å². The van der Waals surface area contributed by atoms with Crippen molar-refractivity contribution in [2.75, 3.05) is 6.54 Å². The largest absolute Gasteiger partial charge is 0.292 e. The molecule has 0 spiro atoms. The fourth-order valence-corrected chi connectivity index (χ4v) is 3.17. The molecule has 0 bridgehead atoms. The van der Waals surface area contributed by atoms with Crippen LogP contribution >= 0.6 is 11.6 Å². The van der Waals surface area contributed by atoms with Crippen molar-refractivity contribution in [3.8, 4) is 0 Å². The van der Waals surface area contributed by atoms with Gasteiger partial charge in [0, 0.05) is 18.2 Å². The minimum atomic E-state index is -0.394. The molecule has 3 heteroatoms. The quantitative estimate of drug-likeness (QED) is 0.780. The molecule has 2 aromatic carbocycles. The summed E-state index contributed by atoms with van der Waals surface area (Å²) in [5.41, 5.74) is 3.18. The van der Waals surface area contributed by atoms with E-state index in [0.717, 1.165) is 13.1 Å². The van der Waals surface area contributed by atoms with Crippen LogP contribution in [0.3, 0.4) is 0 Å². The second-order valence-corrected chi connectivity index (χ2v) is 5.85. The zero-order valence-electron chi connectivity index (χ0n) is 11.8. The first-order valence-electron chi connectivity index (χ1n) is 7.32. The van der Waals surface area contributed by atoms with Crippen LogP contribution in [0.15, 0.2) is 54.6 Å². The minimum Gasteiger partial charge on any atom is -0.292 e. The highest BCUT2D eigenvalue weighted by Gasteiger charge is 2.25. The van der Waals surface area contributed by atoms with Gasteiger partial charge < -0.3 is 0 Å². The van der Waals surface area contributed by atoms with Crippen molar-refractivity contribution >= 4 is 16.8 Å². The predicted molar refractivity (Wildman–Crippen MR) is 85.5 cm³/mol. The molecule has 1 heterocycles. The van der Waals surface area contributed by atoms with Crippen LogP contribution in [0.5, 0.6) is 0 Å². The van der Waals surface area contributed by atoms with Gasteiger partial charge in [-0.05, 0) is 54.2 Å². The summed E-state index contributed by atoms with van der Waals surface area (Å²) in [6.45, 7) is 2.09. The summed E-state index contributed by atoms with van der Waals surface area (Å²) in [5.74, 6) is 0. The first-order valence-corrected chi connectivity index (χ1v) is 7.69. The van der Waals surface area contributed by atoms with E-state index >= 15 is 0 Å². The van der Waals surface area contributed by atoms with Crippen molar-refractivity contribution in [1.82, 2.24) is 4.90 Å². The van der Waals surface area contributed by atoms with Crippen LogP contribution in [-0.2, 0) is 6.54 Å². The lowest BCUT2D eigenvalue weighted by molar-refractivity contribution is 0.108. The highest BCUT2D eigenvalue weighted by molar-refractivity contribution is 6.67. The van der Waals surface area contributed by atoms with E-state index in [4.69, 9.17) is 11.6 Å². The predicted octanol–water partition coefficient (Wildman–Crippen LogP) is 4.40. The number of carbonyl (C=O) groups excluding carboxylic acids is 1. The van der Waals surface area contributed by atoms with E-state index in [9.17, 15) is 4.79 Å². The molecule has 0 aliphatic carbocycles. The molecular formula is C18H18ClNO. The molecule has 0 N–H and O–H groups in total. The van der Waals surface area contributed by atoms with Gasteiger partial charge in [0.15, 0.2) is 0 Å². The van der Waals surface area contributed by atoms with E-state index in [1.807, 2.05) is 30.3 Å². The number of nitrogens with zero attached hydrogens (tertiary/aromatic N) is 1. The Hall–Kier alpha value is -1.64. The van der Waals surface area contributed by atoms with Crippen LogP contribution in [0, 0.1) is 0 Å². The molecule has 1 atom stereocenters. The molecule has 21 heavy (non-hydrogen) atoms. The maximum Gasteiger partial charge on any atom is 0.252 e. The lowest BCUT2D eigenvalue weighted by Gasteiger charge is -2.25. The van der Waals surface area contributed by atoms with Crippen LogP contribution < -0.4 is 0 Å². The minimum absolute atomic E-state index is 0.394. The fourth-order valence-electron chi connectivity index (χ4n) is 3.05. The van der Waals surface area contributed by atoms with Gasteiger partial charge in [0.2, 0.25) is 0 Å². The molecule has 108 valence electrons. The van der Waals surface area contributed by atoms with Crippen molar-refractivity contribution in [3.63, 3.8) is 0 Å². The fraction of sp³-hybridized carbons (Fsp3) is 0.278. The Morgan fingerprint density at radius 3 is 2.48 bits per heavy atom. The van der Waals surface area contributed by atoms with Gasteiger partial charge in [0.25, 0.3) is 5.24 Å². The van der Waals surface area contributed by atoms with Gasteiger partial charge in [-0.2, -0.15) is 0 Å².